The van der Waals surface area contributed by atoms with Crippen LogP contribution in [0.4, 0.5) is 0 Å². The largest absolute Gasteiger partial charge is 0.349 e. The molecule has 1 atom stereocenters. The van der Waals surface area contributed by atoms with Crippen LogP contribution in [-0.2, 0) is 21.4 Å². The zero-order valence-corrected chi connectivity index (χ0v) is 14.0. The Morgan fingerprint density at radius 3 is 2.86 bits per heavy atom. The van der Waals surface area contributed by atoms with E-state index in [0.29, 0.717) is 5.02 Å². The molecule has 1 unspecified atom stereocenters. The van der Waals surface area contributed by atoms with E-state index in [9.17, 15) is 13.2 Å². The lowest BCUT2D eigenvalue weighted by molar-refractivity contribution is -0.122. The first-order valence-corrected chi connectivity index (χ1v) is 9.11. The molecule has 0 fully saturated rings. The summed E-state index contributed by atoms with van der Waals surface area (Å²) in [6.45, 7) is 1.73. The topological polar surface area (TPSA) is 88.2 Å². The third-order valence-electron chi connectivity index (χ3n) is 2.76. The fourth-order valence-electron chi connectivity index (χ4n) is 1.64. The Balaban J connectivity index is 1.98. The molecule has 0 spiro atoms. The maximum absolute atomic E-state index is 12.2. The summed E-state index contributed by atoms with van der Waals surface area (Å²) in [5.41, 5.74) is 2.38. The minimum atomic E-state index is -3.81. The molecule has 22 heavy (non-hydrogen) atoms. The second-order valence-corrected chi connectivity index (χ2v) is 7.37. The molecule has 6 nitrogen and oxygen atoms in total. The lowest BCUT2D eigenvalue weighted by Crippen LogP contribution is -2.44. The molecule has 0 bridgehead atoms. The fraction of sp³-hybridized carbons (Fsp3) is 0.231. The summed E-state index contributed by atoms with van der Waals surface area (Å²) < 4.78 is 26.7. The first kappa shape index (κ1) is 16.9. The van der Waals surface area contributed by atoms with Gasteiger partial charge in [-0.05, 0) is 25.1 Å². The molecule has 0 saturated heterocycles. The molecule has 2 N–H and O–H groups in total. The van der Waals surface area contributed by atoms with Crippen LogP contribution in [-0.4, -0.2) is 25.4 Å². The molecule has 0 radical (unpaired) electrons. The third kappa shape index (κ3) is 4.51. The summed E-state index contributed by atoms with van der Waals surface area (Å²) >= 11 is 7.20. The highest BCUT2D eigenvalue weighted by atomic mass is 35.5. The highest BCUT2D eigenvalue weighted by Gasteiger charge is 2.22. The standard InChI is InChI=1S/C13H14ClN3O3S2/c1-9(13(18)15-6-11-7-21-8-16-11)17-22(19,20)12-4-2-3-10(14)5-12/h2-5,7-9,17H,6H2,1H3,(H,15,18). The van der Waals surface area contributed by atoms with E-state index < -0.39 is 22.0 Å². The second kappa shape index (κ2) is 7.19. The van der Waals surface area contributed by atoms with Crippen LogP contribution in [0.25, 0.3) is 0 Å². The van der Waals surface area contributed by atoms with Crippen molar-refractivity contribution in [1.29, 1.82) is 0 Å². The quantitative estimate of drug-likeness (QED) is 0.822. The molecular formula is C13H14ClN3O3S2. The van der Waals surface area contributed by atoms with Gasteiger partial charge in [0.2, 0.25) is 15.9 Å². The van der Waals surface area contributed by atoms with Crippen molar-refractivity contribution in [2.45, 2.75) is 24.4 Å². The van der Waals surface area contributed by atoms with Gasteiger partial charge in [-0.25, -0.2) is 13.4 Å². The van der Waals surface area contributed by atoms with E-state index in [1.807, 2.05) is 0 Å². The van der Waals surface area contributed by atoms with Crippen LogP contribution in [0.2, 0.25) is 5.02 Å². The van der Waals surface area contributed by atoms with Crippen molar-refractivity contribution >= 4 is 38.9 Å². The van der Waals surface area contributed by atoms with Crippen molar-refractivity contribution in [3.8, 4) is 0 Å². The zero-order chi connectivity index (χ0) is 16.2. The summed E-state index contributed by atoms with van der Waals surface area (Å²) in [5, 5.41) is 4.74. The van der Waals surface area contributed by atoms with Gasteiger partial charge in [-0.15, -0.1) is 11.3 Å². The molecule has 2 aromatic rings. The number of halogens is 1. The molecule has 0 aliphatic carbocycles. The first-order chi connectivity index (χ1) is 10.4. The zero-order valence-electron chi connectivity index (χ0n) is 11.6. The van der Waals surface area contributed by atoms with Crippen molar-refractivity contribution in [3.63, 3.8) is 0 Å². The number of sulfonamides is 1. The smallest absolute Gasteiger partial charge is 0.241 e. The molecule has 9 heteroatoms. The van der Waals surface area contributed by atoms with Crippen LogP contribution < -0.4 is 10.0 Å². The Kier molecular flexibility index (Phi) is 5.52. The van der Waals surface area contributed by atoms with Crippen LogP contribution in [0.5, 0.6) is 0 Å². The lowest BCUT2D eigenvalue weighted by atomic mass is 10.3. The molecule has 118 valence electrons. The number of carbonyl (C=O) groups is 1. The molecule has 0 aliphatic heterocycles. The number of hydrogen-bond acceptors (Lipinski definition) is 5. The number of hydrogen-bond donors (Lipinski definition) is 2. The van der Waals surface area contributed by atoms with Crippen molar-refractivity contribution < 1.29 is 13.2 Å². The van der Waals surface area contributed by atoms with Crippen LogP contribution in [0.15, 0.2) is 40.1 Å². The van der Waals surface area contributed by atoms with Gasteiger partial charge in [0, 0.05) is 10.4 Å². The van der Waals surface area contributed by atoms with Crippen LogP contribution in [0, 0.1) is 0 Å². The Hall–Kier alpha value is -1.48. The molecule has 1 heterocycles. The molecular weight excluding hydrogens is 346 g/mol. The molecule has 1 aromatic carbocycles. The van der Waals surface area contributed by atoms with Crippen LogP contribution in [0.1, 0.15) is 12.6 Å². The Morgan fingerprint density at radius 2 is 2.23 bits per heavy atom. The van der Waals surface area contributed by atoms with Gasteiger partial charge in [0.25, 0.3) is 0 Å². The minimum absolute atomic E-state index is 0.0131. The average molecular weight is 360 g/mol. The normalized spacial score (nSPS) is 12.8. The minimum Gasteiger partial charge on any atom is -0.349 e. The summed E-state index contributed by atoms with van der Waals surface area (Å²) in [5.74, 6) is -0.432. The average Bonchev–Trinajstić information content (AvgIpc) is 2.97. The summed E-state index contributed by atoms with van der Waals surface area (Å²) in [6, 6.07) is 4.93. The lowest BCUT2D eigenvalue weighted by Gasteiger charge is -2.14. The third-order valence-corrected chi connectivity index (χ3v) is 5.17. The number of nitrogens with one attached hydrogen (secondary N) is 2. The monoisotopic (exact) mass is 359 g/mol. The number of amides is 1. The number of aromatic nitrogens is 1. The van der Waals surface area contributed by atoms with Gasteiger partial charge < -0.3 is 5.32 Å². The Labute approximate surface area is 137 Å². The molecule has 1 amide bonds. The van der Waals surface area contributed by atoms with E-state index in [1.165, 1.54) is 36.5 Å². The molecule has 2 rings (SSSR count). The number of carbonyl (C=O) groups excluding carboxylic acids is 1. The molecule has 0 aliphatic rings. The van der Waals surface area contributed by atoms with E-state index in [-0.39, 0.29) is 11.4 Å². The van der Waals surface area contributed by atoms with Crippen LogP contribution >= 0.6 is 22.9 Å². The fourth-order valence-corrected chi connectivity index (χ4v) is 3.71. The Bertz CT molecular complexity index is 748. The van der Waals surface area contributed by atoms with E-state index in [4.69, 9.17) is 11.6 Å². The Morgan fingerprint density at radius 1 is 1.45 bits per heavy atom. The van der Waals surface area contributed by atoms with Crippen LogP contribution in [0.3, 0.4) is 0 Å². The number of rotatable bonds is 6. The highest BCUT2D eigenvalue weighted by molar-refractivity contribution is 7.89. The predicted octanol–water partition coefficient (Wildman–Crippen LogP) is 1.78. The van der Waals surface area contributed by atoms with Crippen molar-refractivity contribution in [2.24, 2.45) is 0 Å². The second-order valence-electron chi connectivity index (χ2n) is 4.50. The van der Waals surface area contributed by atoms with Gasteiger partial charge in [0.1, 0.15) is 0 Å². The predicted molar refractivity (Wildman–Crippen MR) is 85.2 cm³/mol. The maximum atomic E-state index is 12.2. The number of thiazole rings is 1. The van der Waals surface area contributed by atoms with Gasteiger partial charge in [-0.3, -0.25) is 4.79 Å². The van der Waals surface area contributed by atoms with Crippen molar-refractivity contribution in [3.05, 3.63) is 45.9 Å². The van der Waals surface area contributed by atoms with E-state index >= 15 is 0 Å². The van der Waals surface area contributed by atoms with Crippen molar-refractivity contribution in [1.82, 2.24) is 15.0 Å². The van der Waals surface area contributed by atoms with Gasteiger partial charge in [-0.1, -0.05) is 17.7 Å². The first-order valence-electron chi connectivity index (χ1n) is 6.31. The number of nitrogens with zero attached hydrogens (tertiary/aromatic N) is 1. The maximum Gasteiger partial charge on any atom is 0.241 e. The molecule has 0 saturated carbocycles. The summed E-state index contributed by atoms with van der Waals surface area (Å²) in [6.07, 6.45) is 0. The SMILES string of the molecule is CC(NS(=O)(=O)c1cccc(Cl)c1)C(=O)NCc1cscn1. The van der Waals surface area contributed by atoms with Gasteiger partial charge >= 0.3 is 0 Å². The molecule has 1 aromatic heterocycles. The van der Waals surface area contributed by atoms with Gasteiger partial charge in [0.15, 0.2) is 0 Å². The van der Waals surface area contributed by atoms with E-state index in [0.717, 1.165) is 5.69 Å². The summed E-state index contributed by atoms with van der Waals surface area (Å²) in [7, 11) is -3.81. The van der Waals surface area contributed by atoms with Gasteiger partial charge in [0.05, 0.1) is 28.7 Å². The van der Waals surface area contributed by atoms with Crippen molar-refractivity contribution in [2.75, 3.05) is 0 Å². The highest BCUT2D eigenvalue weighted by Crippen LogP contribution is 2.15. The van der Waals surface area contributed by atoms with E-state index in [2.05, 4.69) is 15.0 Å². The summed E-state index contributed by atoms with van der Waals surface area (Å²) in [4.78, 5) is 16.0. The van der Waals surface area contributed by atoms with Gasteiger partial charge in [-0.2, -0.15) is 4.72 Å². The number of benzene rings is 1. The van der Waals surface area contributed by atoms with E-state index in [1.54, 1.807) is 17.0 Å².